The number of hydrogen-bond acceptors (Lipinski definition) is 3. The minimum Gasteiger partial charge on any atom is -0.337 e. The largest absolute Gasteiger partial charge is 0.337 e. The molecule has 2 aliphatic heterocycles. The predicted molar refractivity (Wildman–Crippen MR) is 87.8 cm³/mol. The zero-order valence-corrected chi connectivity index (χ0v) is 13.9. The van der Waals surface area contributed by atoms with Crippen LogP contribution in [0.4, 0.5) is 8.78 Å². The molecule has 0 radical (unpaired) electrons. The van der Waals surface area contributed by atoms with Crippen molar-refractivity contribution in [3.8, 4) is 0 Å². The summed E-state index contributed by atoms with van der Waals surface area (Å²) < 4.78 is 28.4. The summed E-state index contributed by atoms with van der Waals surface area (Å²) in [7, 11) is 0. The molecule has 1 amide bonds. The number of imidazole rings is 1. The Morgan fingerprint density at radius 1 is 1.08 bits per heavy atom. The third-order valence-corrected chi connectivity index (χ3v) is 4.95. The van der Waals surface area contributed by atoms with Crippen molar-refractivity contribution in [2.75, 3.05) is 19.6 Å². The summed E-state index contributed by atoms with van der Waals surface area (Å²) in [5.74, 6) is -0.751. The third-order valence-electron chi connectivity index (χ3n) is 4.95. The molecule has 2 aliphatic rings. The quantitative estimate of drug-likeness (QED) is 0.857. The van der Waals surface area contributed by atoms with Gasteiger partial charge in [0.25, 0.3) is 5.91 Å². The molecule has 0 spiro atoms. The number of nitrogens with zero attached hydrogens (tertiary/aromatic N) is 4. The lowest BCUT2D eigenvalue weighted by Gasteiger charge is -2.28. The average Bonchev–Trinajstić information content (AvgIpc) is 3.27. The van der Waals surface area contributed by atoms with Crippen molar-refractivity contribution in [1.82, 2.24) is 19.4 Å². The Bertz CT molecular complexity index is 798. The van der Waals surface area contributed by atoms with E-state index in [1.54, 1.807) is 12.3 Å². The van der Waals surface area contributed by atoms with Crippen molar-refractivity contribution in [2.45, 2.75) is 32.5 Å². The molecule has 5 nitrogen and oxygen atoms in total. The van der Waals surface area contributed by atoms with Crippen molar-refractivity contribution in [3.05, 3.63) is 53.1 Å². The van der Waals surface area contributed by atoms with Crippen LogP contribution in [0.5, 0.6) is 0 Å². The minimum atomic E-state index is -0.831. The molecule has 7 heteroatoms. The highest BCUT2D eigenvalue weighted by Crippen LogP contribution is 2.20. The summed E-state index contributed by atoms with van der Waals surface area (Å²) in [6, 6.07) is 3.99. The van der Waals surface area contributed by atoms with Crippen molar-refractivity contribution >= 4 is 5.91 Å². The van der Waals surface area contributed by atoms with Gasteiger partial charge < -0.3 is 9.47 Å². The lowest BCUT2D eigenvalue weighted by molar-refractivity contribution is 0.0777. The Labute approximate surface area is 144 Å². The van der Waals surface area contributed by atoms with Gasteiger partial charge in [0.1, 0.15) is 11.5 Å². The zero-order valence-electron chi connectivity index (χ0n) is 13.9. The number of fused-ring (bicyclic) bond motifs is 1. The van der Waals surface area contributed by atoms with Crippen LogP contribution in [0.15, 0.2) is 24.4 Å². The van der Waals surface area contributed by atoms with Gasteiger partial charge in [0.15, 0.2) is 11.6 Å². The van der Waals surface area contributed by atoms with E-state index in [0.717, 1.165) is 49.9 Å². The Kier molecular flexibility index (Phi) is 4.25. The number of rotatable bonds is 3. The van der Waals surface area contributed by atoms with Crippen molar-refractivity contribution in [3.63, 3.8) is 0 Å². The maximum absolute atomic E-state index is 13.4. The highest BCUT2D eigenvalue weighted by atomic mass is 19.2. The third kappa shape index (κ3) is 3.16. The first kappa shape index (κ1) is 16.2. The predicted octanol–water partition coefficient (Wildman–Crippen LogP) is 2.41. The van der Waals surface area contributed by atoms with E-state index < -0.39 is 11.6 Å². The number of likely N-dealkylation sites (tertiary alicyclic amines) is 1. The molecule has 2 aromatic rings. The van der Waals surface area contributed by atoms with Gasteiger partial charge >= 0.3 is 0 Å². The molecule has 25 heavy (non-hydrogen) atoms. The van der Waals surface area contributed by atoms with E-state index in [0.29, 0.717) is 25.3 Å². The second-order valence-electron chi connectivity index (χ2n) is 6.67. The second-order valence-corrected chi connectivity index (χ2v) is 6.67. The maximum atomic E-state index is 13.4. The monoisotopic (exact) mass is 346 g/mol. The molecule has 1 aromatic carbocycles. The fourth-order valence-corrected chi connectivity index (χ4v) is 3.59. The molecule has 0 saturated carbocycles. The summed E-state index contributed by atoms with van der Waals surface area (Å²) in [6.07, 6.45) is 3.79. The molecule has 1 fully saturated rings. The molecule has 1 aromatic heterocycles. The average molecular weight is 346 g/mol. The van der Waals surface area contributed by atoms with Crippen molar-refractivity contribution < 1.29 is 13.6 Å². The van der Waals surface area contributed by atoms with Gasteiger partial charge in [-0.3, -0.25) is 9.69 Å². The Morgan fingerprint density at radius 2 is 1.88 bits per heavy atom. The molecule has 0 atom stereocenters. The van der Waals surface area contributed by atoms with E-state index in [1.165, 1.54) is 6.07 Å². The SMILES string of the molecule is O=C(c1cnc2n1CCN(Cc1ccc(F)c(F)c1)C2)N1CCCC1. The van der Waals surface area contributed by atoms with Gasteiger partial charge in [-0.2, -0.15) is 0 Å². The van der Waals surface area contributed by atoms with Crippen molar-refractivity contribution in [1.29, 1.82) is 0 Å². The summed E-state index contributed by atoms with van der Waals surface area (Å²) in [6.45, 7) is 4.17. The molecular formula is C18H20F2N4O. The zero-order chi connectivity index (χ0) is 17.4. The van der Waals surface area contributed by atoms with E-state index in [1.807, 2.05) is 9.47 Å². The number of carbonyl (C=O) groups is 1. The Morgan fingerprint density at radius 3 is 2.64 bits per heavy atom. The van der Waals surface area contributed by atoms with E-state index in [4.69, 9.17) is 0 Å². The van der Waals surface area contributed by atoms with Crippen LogP contribution in [0.3, 0.4) is 0 Å². The molecule has 4 rings (SSSR count). The van der Waals surface area contributed by atoms with Gasteiger partial charge in [0.2, 0.25) is 0 Å². The van der Waals surface area contributed by atoms with Crippen LogP contribution in [0.1, 0.15) is 34.7 Å². The molecule has 0 unspecified atom stereocenters. The summed E-state index contributed by atoms with van der Waals surface area (Å²) in [4.78, 5) is 21.0. The number of hydrogen-bond donors (Lipinski definition) is 0. The van der Waals surface area contributed by atoms with Crippen LogP contribution in [-0.4, -0.2) is 44.9 Å². The number of benzene rings is 1. The first-order chi connectivity index (χ1) is 12.1. The van der Waals surface area contributed by atoms with E-state index >= 15 is 0 Å². The first-order valence-corrected chi connectivity index (χ1v) is 8.62. The molecule has 0 N–H and O–H groups in total. The standard InChI is InChI=1S/C18H20F2N4O/c19-14-4-3-13(9-15(14)20)11-22-7-8-24-16(10-21-17(24)12-22)18(25)23-5-1-2-6-23/h3-4,9-10H,1-2,5-8,11-12H2. The van der Waals surface area contributed by atoms with Crippen LogP contribution in [0, 0.1) is 11.6 Å². The van der Waals surface area contributed by atoms with Crippen LogP contribution >= 0.6 is 0 Å². The van der Waals surface area contributed by atoms with Gasteiger partial charge in [0, 0.05) is 32.7 Å². The molecule has 0 bridgehead atoms. The highest BCUT2D eigenvalue weighted by Gasteiger charge is 2.27. The lowest BCUT2D eigenvalue weighted by Crippen LogP contribution is -2.36. The van der Waals surface area contributed by atoms with Gasteiger partial charge in [-0.1, -0.05) is 6.07 Å². The molecule has 1 saturated heterocycles. The first-order valence-electron chi connectivity index (χ1n) is 8.62. The summed E-state index contributed by atoms with van der Waals surface area (Å²) >= 11 is 0. The smallest absolute Gasteiger partial charge is 0.272 e. The van der Waals surface area contributed by atoms with Gasteiger partial charge in [-0.05, 0) is 30.5 Å². The van der Waals surface area contributed by atoms with E-state index in [2.05, 4.69) is 9.88 Å². The van der Waals surface area contributed by atoms with E-state index in [9.17, 15) is 13.6 Å². The second kappa shape index (κ2) is 6.55. The molecule has 0 aliphatic carbocycles. The van der Waals surface area contributed by atoms with Gasteiger partial charge in [-0.25, -0.2) is 13.8 Å². The number of halogens is 2. The van der Waals surface area contributed by atoms with Crippen LogP contribution in [-0.2, 0) is 19.6 Å². The number of amides is 1. The highest BCUT2D eigenvalue weighted by molar-refractivity contribution is 5.92. The van der Waals surface area contributed by atoms with Gasteiger partial charge in [-0.15, -0.1) is 0 Å². The normalized spacial score (nSPS) is 17.8. The Hall–Kier alpha value is -2.28. The lowest BCUT2D eigenvalue weighted by atomic mass is 10.2. The number of carbonyl (C=O) groups excluding carboxylic acids is 1. The minimum absolute atomic E-state index is 0.0605. The number of aromatic nitrogens is 2. The van der Waals surface area contributed by atoms with E-state index in [-0.39, 0.29) is 5.91 Å². The fraction of sp³-hybridized carbons (Fsp3) is 0.444. The molecular weight excluding hydrogens is 326 g/mol. The summed E-state index contributed by atoms with van der Waals surface area (Å²) in [5, 5.41) is 0. The van der Waals surface area contributed by atoms with Crippen molar-refractivity contribution in [2.24, 2.45) is 0 Å². The fourth-order valence-electron chi connectivity index (χ4n) is 3.59. The topological polar surface area (TPSA) is 41.4 Å². The molecule has 3 heterocycles. The van der Waals surface area contributed by atoms with Crippen LogP contribution in [0.25, 0.3) is 0 Å². The van der Waals surface area contributed by atoms with Crippen LogP contribution < -0.4 is 0 Å². The van der Waals surface area contributed by atoms with Crippen LogP contribution in [0.2, 0.25) is 0 Å². The Balaban J connectivity index is 1.47. The molecule has 132 valence electrons. The van der Waals surface area contributed by atoms with Gasteiger partial charge in [0.05, 0.1) is 12.7 Å². The maximum Gasteiger partial charge on any atom is 0.272 e. The summed E-state index contributed by atoms with van der Waals surface area (Å²) in [5.41, 5.74) is 1.39.